The summed E-state index contributed by atoms with van der Waals surface area (Å²) in [6.45, 7) is 6.39. The molecule has 0 aromatic rings. The Bertz CT molecular complexity index is 266. The molecule has 0 aromatic carbocycles. The highest BCUT2D eigenvalue weighted by molar-refractivity contribution is 5.83. The molecule has 2 unspecified atom stereocenters. The molecule has 0 radical (unpaired) electrons. The van der Waals surface area contributed by atoms with Crippen LogP contribution < -0.4 is 5.32 Å². The summed E-state index contributed by atoms with van der Waals surface area (Å²) in [5, 5.41) is 3.28. The highest BCUT2D eigenvalue weighted by atomic mass is 16.2. The Morgan fingerprint density at radius 2 is 2.29 bits per heavy atom. The Labute approximate surface area is 84.8 Å². The molecule has 1 N–H and O–H groups in total. The van der Waals surface area contributed by atoms with Gasteiger partial charge in [0.25, 0.3) is 0 Å². The third-order valence-electron chi connectivity index (χ3n) is 4.18. The fourth-order valence-electron chi connectivity index (χ4n) is 2.89. The van der Waals surface area contributed by atoms with Crippen LogP contribution in [0.3, 0.4) is 0 Å². The molecule has 3 rings (SSSR count). The minimum atomic E-state index is 0.369. The molecule has 2 aliphatic heterocycles. The lowest BCUT2D eigenvalue weighted by Gasteiger charge is -2.29. The molecule has 1 saturated carbocycles. The largest absolute Gasteiger partial charge is 0.342 e. The zero-order valence-electron chi connectivity index (χ0n) is 8.75. The van der Waals surface area contributed by atoms with Crippen molar-refractivity contribution in [1.82, 2.24) is 10.2 Å². The monoisotopic (exact) mass is 194 g/mol. The number of nitrogens with one attached hydrogen (secondary N) is 1. The van der Waals surface area contributed by atoms with Gasteiger partial charge in [-0.05, 0) is 18.8 Å². The first-order valence-electron chi connectivity index (χ1n) is 5.71. The number of amides is 1. The quantitative estimate of drug-likeness (QED) is 0.658. The van der Waals surface area contributed by atoms with Gasteiger partial charge >= 0.3 is 0 Å². The van der Waals surface area contributed by atoms with Crippen LogP contribution in [0.4, 0.5) is 0 Å². The van der Waals surface area contributed by atoms with Crippen molar-refractivity contribution < 1.29 is 4.79 Å². The predicted octanol–water partition coefficient (Wildman–Crippen LogP) is 0.464. The van der Waals surface area contributed by atoms with Gasteiger partial charge in [-0.25, -0.2) is 0 Å². The van der Waals surface area contributed by atoms with Gasteiger partial charge in [-0.1, -0.05) is 6.92 Å². The number of carbonyl (C=O) groups excluding carboxylic acids is 1. The van der Waals surface area contributed by atoms with Crippen LogP contribution in [0.2, 0.25) is 0 Å². The van der Waals surface area contributed by atoms with Crippen LogP contribution in [0.25, 0.3) is 0 Å². The van der Waals surface area contributed by atoms with Crippen LogP contribution in [-0.4, -0.2) is 37.0 Å². The van der Waals surface area contributed by atoms with Crippen molar-refractivity contribution in [3.63, 3.8) is 0 Å². The summed E-state index contributed by atoms with van der Waals surface area (Å²) in [7, 11) is 0. The first-order chi connectivity index (χ1) is 6.71. The van der Waals surface area contributed by atoms with Crippen LogP contribution in [0, 0.1) is 17.3 Å². The van der Waals surface area contributed by atoms with E-state index in [0.29, 0.717) is 23.2 Å². The van der Waals surface area contributed by atoms with E-state index >= 15 is 0 Å². The average molecular weight is 194 g/mol. The van der Waals surface area contributed by atoms with E-state index in [0.717, 1.165) is 32.6 Å². The molecule has 2 saturated heterocycles. The smallest absolute Gasteiger partial charge is 0.226 e. The zero-order chi connectivity index (χ0) is 9.76. The number of rotatable bonds is 1. The Hall–Kier alpha value is -0.570. The number of carbonyl (C=O) groups is 1. The lowest BCUT2D eigenvalue weighted by molar-refractivity contribution is -0.132. The molecule has 3 nitrogen and oxygen atoms in total. The summed E-state index contributed by atoms with van der Waals surface area (Å²) in [5.41, 5.74) is 0.406. The summed E-state index contributed by atoms with van der Waals surface area (Å²) in [4.78, 5) is 14.1. The van der Waals surface area contributed by atoms with Crippen molar-refractivity contribution in [2.75, 3.05) is 26.2 Å². The van der Waals surface area contributed by atoms with Crippen LogP contribution in [-0.2, 0) is 4.79 Å². The first kappa shape index (κ1) is 8.72. The fourth-order valence-corrected chi connectivity index (χ4v) is 2.89. The van der Waals surface area contributed by atoms with E-state index in [2.05, 4.69) is 17.1 Å². The van der Waals surface area contributed by atoms with E-state index in [1.807, 2.05) is 0 Å². The molecular weight excluding hydrogens is 176 g/mol. The van der Waals surface area contributed by atoms with Crippen LogP contribution in [0.1, 0.15) is 19.8 Å². The maximum atomic E-state index is 12.1. The summed E-state index contributed by atoms with van der Waals surface area (Å²) >= 11 is 0. The van der Waals surface area contributed by atoms with Crippen LogP contribution >= 0.6 is 0 Å². The maximum absolute atomic E-state index is 12.1. The first-order valence-corrected chi connectivity index (χ1v) is 5.71. The SMILES string of the molecule is CC1CCN(C(=O)C2CC23CNC3)C1. The van der Waals surface area contributed by atoms with Gasteiger partial charge in [-0.2, -0.15) is 0 Å². The number of likely N-dealkylation sites (tertiary alicyclic amines) is 1. The van der Waals surface area contributed by atoms with E-state index in [1.54, 1.807) is 0 Å². The Balaban J connectivity index is 1.61. The topological polar surface area (TPSA) is 32.3 Å². The lowest BCUT2D eigenvalue weighted by atomic mass is 9.96. The van der Waals surface area contributed by atoms with Crippen LogP contribution in [0.15, 0.2) is 0 Å². The predicted molar refractivity (Wildman–Crippen MR) is 53.8 cm³/mol. The van der Waals surface area contributed by atoms with Crippen molar-refractivity contribution in [2.24, 2.45) is 17.3 Å². The second-order valence-corrected chi connectivity index (χ2v) is 5.40. The molecule has 78 valence electrons. The lowest BCUT2D eigenvalue weighted by Crippen LogP contribution is -2.47. The second kappa shape index (κ2) is 2.72. The molecular formula is C11H18N2O. The van der Waals surface area contributed by atoms with Crippen molar-refractivity contribution >= 4 is 5.91 Å². The van der Waals surface area contributed by atoms with Gasteiger partial charge in [0, 0.05) is 37.5 Å². The molecule has 1 spiro atoms. The highest BCUT2D eigenvalue weighted by Gasteiger charge is 2.62. The Morgan fingerprint density at radius 3 is 2.71 bits per heavy atom. The van der Waals surface area contributed by atoms with E-state index in [9.17, 15) is 4.79 Å². The van der Waals surface area contributed by atoms with E-state index in [1.165, 1.54) is 6.42 Å². The Morgan fingerprint density at radius 1 is 1.50 bits per heavy atom. The van der Waals surface area contributed by atoms with Crippen molar-refractivity contribution in [2.45, 2.75) is 19.8 Å². The molecule has 14 heavy (non-hydrogen) atoms. The minimum absolute atomic E-state index is 0.369. The third kappa shape index (κ3) is 1.11. The van der Waals surface area contributed by atoms with Crippen molar-refractivity contribution in [3.8, 4) is 0 Å². The normalized spacial score (nSPS) is 38.5. The standard InChI is InChI=1S/C11H18N2O/c1-8-2-3-13(5-8)10(14)9-4-11(9)6-12-7-11/h8-9,12H,2-7H2,1H3. The van der Waals surface area contributed by atoms with Gasteiger partial charge in [0.1, 0.15) is 0 Å². The van der Waals surface area contributed by atoms with Gasteiger partial charge in [-0.15, -0.1) is 0 Å². The van der Waals surface area contributed by atoms with Gasteiger partial charge in [0.15, 0.2) is 0 Å². The highest BCUT2D eigenvalue weighted by Crippen LogP contribution is 2.56. The van der Waals surface area contributed by atoms with Crippen molar-refractivity contribution in [1.29, 1.82) is 0 Å². The third-order valence-corrected chi connectivity index (χ3v) is 4.18. The molecule has 3 fully saturated rings. The molecule has 3 heteroatoms. The summed E-state index contributed by atoms with van der Waals surface area (Å²) in [5.74, 6) is 1.53. The second-order valence-electron chi connectivity index (χ2n) is 5.40. The molecule has 1 aliphatic carbocycles. The van der Waals surface area contributed by atoms with Gasteiger partial charge in [0.05, 0.1) is 0 Å². The number of nitrogens with zero attached hydrogens (tertiary/aromatic N) is 1. The molecule has 2 atom stereocenters. The van der Waals surface area contributed by atoms with Crippen LogP contribution in [0.5, 0.6) is 0 Å². The number of hydrogen-bond donors (Lipinski definition) is 1. The number of hydrogen-bond acceptors (Lipinski definition) is 2. The van der Waals surface area contributed by atoms with Crippen molar-refractivity contribution in [3.05, 3.63) is 0 Å². The fraction of sp³-hybridized carbons (Fsp3) is 0.909. The molecule has 0 bridgehead atoms. The van der Waals surface area contributed by atoms with Gasteiger partial charge < -0.3 is 10.2 Å². The summed E-state index contributed by atoms with van der Waals surface area (Å²) in [6, 6.07) is 0. The van der Waals surface area contributed by atoms with E-state index in [-0.39, 0.29) is 0 Å². The molecule has 1 amide bonds. The van der Waals surface area contributed by atoms with E-state index in [4.69, 9.17) is 0 Å². The van der Waals surface area contributed by atoms with Gasteiger partial charge in [-0.3, -0.25) is 4.79 Å². The van der Waals surface area contributed by atoms with Gasteiger partial charge in [0.2, 0.25) is 5.91 Å². The minimum Gasteiger partial charge on any atom is -0.342 e. The maximum Gasteiger partial charge on any atom is 0.226 e. The zero-order valence-corrected chi connectivity index (χ0v) is 8.75. The summed E-state index contributed by atoms with van der Waals surface area (Å²) in [6.07, 6.45) is 2.34. The van der Waals surface area contributed by atoms with E-state index < -0.39 is 0 Å². The molecule has 2 heterocycles. The molecule has 0 aromatic heterocycles. The Kier molecular flexibility index (Phi) is 1.69. The summed E-state index contributed by atoms with van der Waals surface area (Å²) < 4.78 is 0. The molecule has 3 aliphatic rings. The average Bonchev–Trinajstić information content (AvgIpc) is 2.75.